The molecule has 0 radical (unpaired) electrons. The zero-order valence-corrected chi connectivity index (χ0v) is 12.0. The number of nitrogens with zero attached hydrogens (tertiary/aromatic N) is 3. The van der Waals surface area contributed by atoms with Gasteiger partial charge in [-0.05, 0) is 43.0 Å². The number of rotatable bonds is 4. The zero-order chi connectivity index (χ0) is 13.8. The zero-order valence-electron chi connectivity index (χ0n) is 11.3. The van der Waals surface area contributed by atoms with Crippen LogP contribution < -0.4 is 4.74 Å². The van der Waals surface area contributed by atoms with E-state index in [9.17, 15) is 0 Å². The van der Waals surface area contributed by atoms with Crippen LogP contribution >= 0.6 is 11.6 Å². The van der Waals surface area contributed by atoms with Crippen LogP contribution in [-0.4, -0.2) is 21.6 Å². The van der Waals surface area contributed by atoms with Crippen molar-refractivity contribution in [1.29, 1.82) is 0 Å². The highest BCUT2D eigenvalue weighted by atomic mass is 35.5. The van der Waals surface area contributed by atoms with Crippen LogP contribution in [0.15, 0.2) is 18.2 Å². The molecule has 1 heterocycles. The van der Waals surface area contributed by atoms with Gasteiger partial charge in [0.15, 0.2) is 5.82 Å². The number of hydrogen-bond donors (Lipinski definition) is 0. The van der Waals surface area contributed by atoms with Gasteiger partial charge in [0.2, 0.25) is 5.28 Å². The molecule has 0 spiro atoms. The third-order valence-corrected chi connectivity index (χ3v) is 3.04. The number of ether oxygens (including phenoxy) is 1. The SMILES string of the molecule is CCCOc1nc(Cl)nc(-c2cccc(C)c2C)n1. The number of aryl methyl sites for hydroxylation is 1. The Hall–Kier alpha value is -1.68. The lowest BCUT2D eigenvalue weighted by atomic mass is 10.0. The molecule has 19 heavy (non-hydrogen) atoms. The van der Waals surface area contributed by atoms with Crippen molar-refractivity contribution in [2.45, 2.75) is 27.2 Å². The van der Waals surface area contributed by atoms with E-state index < -0.39 is 0 Å². The number of hydrogen-bond acceptors (Lipinski definition) is 4. The second-order valence-electron chi connectivity index (χ2n) is 4.31. The molecule has 0 N–H and O–H groups in total. The van der Waals surface area contributed by atoms with Crippen molar-refractivity contribution in [1.82, 2.24) is 15.0 Å². The molecule has 0 aliphatic carbocycles. The Bertz CT molecular complexity index is 587. The van der Waals surface area contributed by atoms with Crippen molar-refractivity contribution in [3.05, 3.63) is 34.6 Å². The molecule has 5 heteroatoms. The van der Waals surface area contributed by atoms with Gasteiger partial charge in [0, 0.05) is 5.56 Å². The van der Waals surface area contributed by atoms with E-state index in [1.165, 1.54) is 5.56 Å². The summed E-state index contributed by atoms with van der Waals surface area (Å²) >= 11 is 5.93. The third kappa shape index (κ3) is 3.20. The summed E-state index contributed by atoms with van der Waals surface area (Å²) in [5.74, 6) is 0.548. The molecule has 0 amide bonds. The van der Waals surface area contributed by atoms with E-state index in [4.69, 9.17) is 16.3 Å². The Balaban J connectivity index is 2.44. The van der Waals surface area contributed by atoms with Gasteiger partial charge in [0.1, 0.15) is 0 Å². The van der Waals surface area contributed by atoms with E-state index in [0.717, 1.165) is 17.5 Å². The van der Waals surface area contributed by atoms with Crippen molar-refractivity contribution in [3.63, 3.8) is 0 Å². The first-order chi connectivity index (χ1) is 9.11. The molecule has 0 bridgehead atoms. The van der Waals surface area contributed by atoms with Crippen molar-refractivity contribution >= 4 is 11.6 Å². The maximum atomic E-state index is 5.93. The standard InChI is InChI=1S/C14H16ClN3O/c1-4-8-19-14-17-12(16-13(15)18-14)11-7-5-6-9(2)10(11)3/h5-7H,4,8H2,1-3H3. The second-order valence-corrected chi connectivity index (χ2v) is 4.64. The number of aromatic nitrogens is 3. The van der Waals surface area contributed by atoms with Crippen molar-refractivity contribution in [2.75, 3.05) is 6.61 Å². The molecule has 1 aromatic heterocycles. The lowest BCUT2D eigenvalue weighted by molar-refractivity contribution is 0.291. The Labute approximate surface area is 117 Å². The molecular formula is C14H16ClN3O. The molecule has 0 unspecified atom stereocenters. The molecular weight excluding hydrogens is 262 g/mol. The topological polar surface area (TPSA) is 47.9 Å². The smallest absolute Gasteiger partial charge is 0.321 e. The van der Waals surface area contributed by atoms with Crippen LogP contribution in [0.3, 0.4) is 0 Å². The van der Waals surface area contributed by atoms with Crippen LogP contribution in [0.4, 0.5) is 0 Å². The van der Waals surface area contributed by atoms with Gasteiger partial charge in [0.05, 0.1) is 6.61 Å². The lowest BCUT2D eigenvalue weighted by Crippen LogP contribution is -2.03. The van der Waals surface area contributed by atoms with Gasteiger partial charge in [-0.2, -0.15) is 15.0 Å². The average molecular weight is 278 g/mol. The van der Waals surface area contributed by atoms with Crippen LogP contribution in [0, 0.1) is 13.8 Å². The number of halogens is 1. The molecule has 2 rings (SSSR count). The van der Waals surface area contributed by atoms with Gasteiger partial charge in [-0.1, -0.05) is 25.1 Å². The lowest BCUT2D eigenvalue weighted by Gasteiger charge is -2.09. The van der Waals surface area contributed by atoms with E-state index in [1.54, 1.807) is 0 Å². The van der Waals surface area contributed by atoms with Gasteiger partial charge < -0.3 is 4.74 Å². The summed E-state index contributed by atoms with van der Waals surface area (Å²) in [6, 6.07) is 6.27. The van der Waals surface area contributed by atoms with Crippen molar-refractivity contribution < 1.29 is 4.74 Å². The normalized spacial score (nSPS) is 10.5. The second kappa shape index (κ2) is 5.97. The summed E-state index contributed by atoms with van der Waals surface area (Å²) in [6.45, 7) is 6.67. The van der Waals surface area contributed by atoms with Gasteiger partial charge >= 0.3 is 6.01 Å². The molecule has 0 aliphatic heterocycles. The first-order valence-corrected chi connectivity index (χ1v) is 6.60. The maximum absolute atomic E-state index is 5.93. The predicted molar refractivity (Wildman–Crippen MR) is 75.5 cm³/mol. The average Bonchev–Trinajstić information content (AvgIpc) is 2.39. The monoisotopic (exact) mass is 277 g/mol. The summed E-state index contributed by atoms with van der Waals surface area (Å²) in [6.07, 6.45) is 0.891. The first kappa shape index (κ1) is 13.7. The van der Waals surface area contributed by atoms with Crippen LogP contribution in [0.1, 0.15) is 24.5 Å². The van der Waals surface area contributed by atoms with Crippen LogP contribution in [0.5, 0.6) is 6.01 Å². The molecule has 4 nitrogen and oxygen atoms in total. The summed E-state index contributed by atoms with van der Waals surface area (Å²) in [5.41, 5.74) is 3.27. The van der Waals surface area contributed by atoms with E-state index in [-0.39, 0.29) is 11.3 Å². The van der Waals surface area contributed by atoms with Crippen molar-refractivity contribution in [3.8, 4) is 17.4 Å². The maximum Gasteiger partial charge on any atom is 0.321 e. The van der Waals surface area contributed by atoms with E-state index in [2.05, 4.69) is 27.9 Å². The van der Waals surface area contributed by atoms with E-state index in [1.807, 2.05) is 26.0 Å². The minimum Gasteiger partial charge on any atom is -0.463 e. The fourth-order valence-electron chi connectivity index (χ4n) is 1.70. The van der Waals surface area contributed by atoms with E-state index in [0.29, 0.717) is 12.4 Å². The highest BCUT2D eigenvalue weighted by Crippen LogP contribution is 2.24. The Morgan fingerprint density at radius 1 is 1.16 bits per heavy atom. The molecule has 2 aromatic rings. The van der Waals surface area contributed by atoms with Gasteiger partial charge in [-0.25, -0.2) is 0 Å². The minimum absolute atomic E-state index is 0.150. The molecule has 100 valence electrons. The van der Waals surface area contributed by atoms with Gasteiger partial charge in [-0.3, -0.25) is 0 Å². The van der Waals surface area contributed by atoms with Gasteiger partial charge in [-0.15, -0.1) is 0 Å². The summed E-state index contributed by atoms with van der Waals surface area (Å²) in [7, 11) is 0. The Morgan fingerprint density at radius 2 is 1.95 bits per heavy atom. The predicted octanol–water partition coefficient (Wildman–Crippen LogP) is 3.60. The fraction of sp³-hybridized carbons (Fsp3) is 0.357. The largest absolute Gasteiger partial charge is 0.463 e. The van der Waals surface area contributed by atoms with Crippen LogP contribution in [0.25, 0.3) is 11.4 Å². The molecule has 0 atom stereocenters. The minimum atomic E-state index is 0.150. The van der Waals surface area contributed by atoms with Gasteiger partial charge in [0.25, 0.3) is 0 Å². The molecule has 0 saturated carbocycles. The van der Waals surface area contributed by atoms with Crippen LogP contribution in [0.2, 0.25) is 5.28 Å². The fourth-order valence-corrected chi connectivity index (χ4v) is 1.86. The molecule has 1 aromatic carbocycles. The summed E-state index contributed by atoms with van der Waals surface area (Å²) in [4.78, 5) is 12.5. The third-order valence-electron chi connectivity index (χ3n) is 2.87. The molecule has 0 saturated heterocycles. The van der Waals surface area contributed by atoms with Crippen LogP contribution in [-0.2, 0) is 0 Å². The van der Waals surface area contributed by atoms with Crippen molar-refractivity contribution in [2.24, 2.45) is 0 Å². The molecule has 0 aliphatic rings. The number of benzene rings is 1. The first-order valence-electron chi connectivity index (χ1n) is 6.22. The summed E-state index contributed by atoms with van der Waals surface area (Å²) < 4.78 is 5.42. The quantitative estimate of drug-likeness (QED) is 0.857. The summed E-state index contributed by atoms with van der Waals surface area (Å²) in [5, 5.41) is 0.150. The van der Waals surface area contributed by atoms with E-state index >= 15 is 0 Å². The highest BCUT2D eigenvalue weighted by Gasteiger charge is 2.11. The highest BCUT2D eigenvalue weighted by molar-refractivity contribution is 6.28. The molecule has 0 fully saturated rings. The Morgan fingerprint density at radius 3 is 2.68 bits per heavy atom. The Kier molecular flexibility index (Phi) is 4.32.